The van der Waals surface area contributed by atoms with E-state index in [0.717, 1.165) is 25.0 Å². The highest BCUT2D eigenvalue weighted by Crippen LogP contribution is 2.18. The molecule has 106 valence electrons. The molecule has 2 fully saturated rings. The number of hydrogen-bond acceptors (Lipinski definition) is 3. The molecule has 18 heavy (non-hydrogen) atoms. The molecule has 0 radical (unpaired) electrons. The van der Waals surface area contributed by atoms with Crippen LogP contribution in [0.5, 0.6) is 0 Å². The van der Waals surface area contributed by atoms with Crippen LogP contribution in [0.15, 0.2) is 0 Å². The minimum atomic E-state index is 0.692. The smallest absolute Gasteiger partial charge is 0.0495 e. The summed E-state index contributed by atoms with van der Waals surface area (Å²) in [6.07, 6.45) is 5.18. The van der Waals surface area contributed by atoms with Crippen LogP contribution in [-0.4, -0.2) is 50.3 Å². The molecule has 2 aliphatic rings. The molecular weight excluding hydrogens is 224 g/mol. The summed E-state index contributed by atoms with van der Waals surface area (Å²) in [6, 6.07) is 0.692. The first-order valence-corrected chi connectivity index (χ1v) is 7.83. The largest absolute Gasteiger partial charge is 0.381 e. The van der Waals surface area contributed by atoms with Crippen LogP contribution in [0.4, 0.5) is 0 Å². The van der Waals surface area contributed by atoms with Crippen LogP contribution in [-0.2, 0) is 4.74 Å². The Labute approximate surface area is 112 Å². The van der Waals surface area contributed by atoms with E-state index in [0.29, 0.717) is 6.04 Å². The fourth-order valence-corrected chi connectivity index (χ4v) is 3.07. The van der Waals surface area contributed by atoms with Gasteiger partial charge in [-0.2, -0.15) is 0 Å². The molecule has 3 atom stereocenters. The topological polar surface area (TPSA) is 24.5 Å². The van der Waals surface area contributed by atoms with Gasteiger partial charge in [-0.25, -0.2) is 0 Å². The quantitative estimate of drug-likeness (QED) is 0.813. The molecule has 0 aromatic rings. The zero-order valence-corrected chi connectivity index (χ0v) is 12.2. The van der Waals surface area contributed by atoms with Crippen molar-refractivity contribution in [3.63, 3.8) is 0 Å². The monoisotopic (exact) mass is 254 g/mol. The summed E-state index contributed by atoms with van der Waals surface area (Å²) in [7, 11) is 0. The molecule has 0 spiro atoms. The summed E-state index contributed by atoms with van der Waals surface area (Å²) < 4.78 is 5.47. The third-order valence-corrected chi connectivity index (χ3v) is 4.72. The maximum Gasteiger partial charge on any atom is 0.0495 e. The lowest BCUT2D eigenvalue weighted by Crippen LogP contribution is -2.42. The summed E-state index contributed by atoms with van der Waals surface area (Å²) in [5.74, 6) is 1.61. The lowest BCUT2D eigenvalue weighted by atomic mass is 9.98. The summed E-state index contributed by atoms with van der Waals surface area (Å²) in [5.41, 5.74) is 0. The van der Waals surface area contributed by atoms with Crippen molar-refractivity contribution in [2.24, 2.45) is 11.8 Å². The first-order chi connectivity index (χ1) is 8.79. The van der Waals surface area contributed by atoms with Crippen molar-refractivity contribution in [2.75, 3.05) is 39.4 Å². The predicted molar refractivity (Wildman–Crippen MR) is 75.8 cm³/mol. The molecule has 3 heteroatoms. The molecule has 3 nitrogen and oxygen atoms in total. The van der Waals surface area contributed by atoms with E-state index >= 15 is 0 Å². The van der Waals surface area contributed by atoms with Crippen molar-refractivity contribution >= 4 is 0 Å². The lowest BCUT2D eigenvalue weighted by Gasteiger charge is -2.28. The molecule has 2 saturated heterocycles. The first kappa shape index (κ1) is 14.3. The highest BCUT2D eigenvalue weighted by Gasteiger charge is 2.23. The second kappa shape index (κ2) is 7.46. The van der Waals surface area contributed by atoms with Gasteiger partial charge in [0, 0.05) is 25.8 Å². The standard InChI is InChI=1S/C15H30N2O/c1-3-13(2)15-11-17(8-4-7-16-15)9-5-14-6-10-18-12-14/h13-16H,3-12H2,1-2H3. The van der Waals surface area contributed by atoms with Crippen LogP contribution in [0.3, 0.4) is 0 Å². The minimum absolute atomic E-state index is 0.692. The van der Waals surface area contributed by atoms with Crippen LogP contribution in [0.2, 0.25) is 0 Å². The van der Waals surface area contributed by atoms with E-state index in [-0.39, 0.29) is 0 Å². The van der Waals surface area contributed by atoms with Crippen molar-refractivity contribution in [1.29, 1.82) is 0 Å². The van der Waals surface area contributed by atoms with Gasteiger partial charge in [-0.1, -0.05) is 20.3 Å². The Morgan fingerprint density at radius 3 is 3.06 bits per heavy atom. The maximum atomic E-state index is 5.47. The Morgan fingerprint density at radius 1 is 1.44 bits per heavy atom. The average Bonchev–Trinajstić information content (AvgIpc) is 2.80. The Hall–Kier alpha value is -0.120. The van der Waals surface area contributed by atoms with Crippen molar-refractivity contribution in [3.8, 4) is 0 Å². The van der Waals surface area contributed by atoms with Crippen molar-refractivity contribution in [3.05, 3.63) is 0 Å². The van der Waals surface area contributed by atoms with Gasteiger partial charge in [0.05, 0.1) is 0 Å². The Balaban J connectivity index is 1.75. The molecule has 2 rings (SSSR count). The van der Waals surface area contributed by atoms with Gasteiger partial charge < -0.3 is 15.0 Å². The number of rotatable bonds is 5. The highest BCUT2D eigenvalue weighted by molar-refractivity contribution is 4.80. The molecule has 1 N–H and O–H groups in total. The normalized spacial score (nSPS) is 32.3. The van der Waals surface area contributed by atoms with Gasteiger partial charge in [-0.15, -0.1) is 0 Å². The second-order valence-electron chi connectivity index (χ2n) is 6.12. The number of ether oxygens (including phenoxy) is 1. The van der Waals surface area contributed by atoms with Gasteiger partial charge in [0.25, 0.3) is 0 Å². The predicted octanol–water partition coefficient (Wildman–Crippen LogP) is 2.12. The average molecular weight is 254 g/mol. The summed E-state index contributed by atoms with van der Waals surface area (Å²) >= 11 is 0. The number of nitrogens with zero attached hydrogens (tertiary/aromatic N) is 1. The van der Waals surface area contributed by atoms with Crippen LogP contribution < -0.4 is 5.32 Å². The van der Waals surface area contributed by atoms with E-state index < -0.39 is 0 Å². The fourth-order valence-electron chi connectivity index (χ4n) is 3.07. The van der Waals surface area contributed by atoms with E-state index in [1.807, 2.05) is 0 Å². The molecule has 0 aliphatic carbocycles. The maximum absolute atomic E-state index is 5.47. The summed E-state index contributed by atoms with van der Waals surface area (Å²) in [6.45, 7) is 11.6. The van der Waals surface area contributed by atoms with E-state index in [2.05, 4.69) is 24.1 Å². The Bertz CT molecular complexity index is 229. The number of hydrogen-bond donors (Lipinski definition) is 1. The van der Waals surface area contributed by atoms with E-state index in [1.165, 1.54) is 51.9 Å². The van der Waals surface area contributed by atoms with Crippen LogP contribution in [0.1, 0.15) is 39.5 Å². The molecule has 0 aromatic carbocycles. The van der Waals surface area contributed by atoms with Gasteiger partial charge in [-0.05, 0) is 50.7 Å². The molecular formula is C15H30N2O. The summed E-state index contributed by atoms with van der Waals surface area (Å²) in [5, 5.41) is 3.72. The second-order valence-corrected chi connectivity index (χ2v) is 6.12. The highest BCUT2D eigenvalue weighted by atomic mass is 16.5. The molecule has 3 unspecified atom stereocenters. The molecule has 0 saturated carbocycles. The van der Waals surface area contributed by atoms with E-state index in [4.69, 9.17) is 4.74 Å². The zero-order valence-electron chi connectivity index (χ0n) is 12.2. The third kappa shape index (κ3) is 4.22. The molecule has 0 amide bonds. The summed E-state index contributed by atoms with van der Waals surface area (Å²) in [4.78, 5) is 2.68. The molecule has 0 aromatic heterocycles. The van der Waals surface area contributed by atoms with Gasteiger partial charge in [-0.3, -0.25) is 0 Å². The first-order valence-electron chi connectivity index (χ1n) is 7.83. The minimum Gasteiger partial charge on any atom is -0.381 e. The SMILES string of the molecule is CCC(C)C1CN(CCC2CCOC2)CCCN1. The zero-order chi connectivity index (χ0) is 12.8. The van der Waals surface area contributed by atoms with E-state index in [9.17, 15) is 0 Å². The molecule has 0 bridgehead atoms. The van der Waals surface area contributed by atoms with Crippen LogP contribution >= 0.6 is 0 Å². The fraction of sp³-hybridized carbons (Fsp3) is 1.00. The van der Waals surface area contributed by atoms with Crippen molar-refractivity contribution < 1.29 is 4.74 Å². The van der Waals surface area contributed by atoms with Gasteiger partial charge in [0.15, 0.2) is 0 Å². The lowest BCUT2D eigenvalue weighted by molar-refractivity contribution is 0.175. The molecule has 2 heterocycles. The van der Waals surface area contributed by atoms with Gasteiger partial charge >= 0.3 is 0 Å². The Kier molecular flexibility index (Phi) is 5.93. The van der Waals surface area contributed by atoms with Crippen molar-refractivity contribution in [2.45, 2.75) is 45.6 Å². The Morgan fingerprint density at radius 2 is 2.33 bits per heavy atom. The number of nitrogens with one attached hydrogen (secondary N) is 1. The van der Waals surface area contributed by atoms with Gasteiger partial charge in [0.2, 0.25) is 0 Å². The molecule has 2 aliphatic heterocycles. The van der Waals surface area contributed by atoms with Gasteiger partial charge in [0.1, 0.15) is 0 Å². The van der Waals surface area contributed by atoms with Crippen molar-refractivity contribution in [1.82, 2.24) is 10.2 Å². The van der Waals surface area contributed by atoms with Crippen LogP contribution in [0.25, 0.3) is 0 Å². The third-order valence-electron chi connectivity index (χ3n) is 4.72. The van der Waals surface area contributed by atoms with Crippen LogP contribution in [0, 0.1) is 11.8 Å². The van der Waals surface area contributed by atoms with E-state index in [1.54, 1.807) is 0 Å².